The molecule has 3 aromatic heterocycles. The Balaban J connectivity index is 1.54. The standard InChI is InChI=1S/C26H34F3N7O2/c1-17(2)26(30,24(37)34-16-25(27,28)29)19-10-18(12-31-13-19)22-15-33-23-21(22)11-20(14-32-23)38-9-8-36-6-4-35(3)5-7-36/h10-15,17H,4-9,16,30H2,1-3H3,(H,32,33)(H,34,37)/t26-/m1/s1. The van der Waals surface area contributed by atoms with Crippen LogP contribution in [0.15, 0.2) is 36.9 Å². The van der Waals surface area contributed by atoms with Gasteiger partial charge in [-0.25, -0.2) is 4.98 Å². The average Bonchev–Trinajstić information content (AvgIpc) is 3.31. The molecule has 1 amide bonds. The molecule has 0 aliphatic carbocycles. The van der Waals surface area contributed by atoms with Gasteiger partial charge in [0.25, 0.3) is 0 Å². The van der Waals surface area contributed by atoms with Crippen LogP contribution in [0, 0.1) is 5.92 Å². The molecule has 0 spiro atoms. The first-order chi connectivity index (χ1) is 18.0. The fourth-order valence-corrected chi connectivity index (χ4v) is 4.53. The van der Waals surface area contributed by atoms with Gasteiger partial charge in [-0.05, 0) is 25.1 Å². The highest BCUT2D eigenvalue weighted by atomic mass is 19.4. The zero-order chi connectivity index (χ0) is 27.5. The highest BCUT2D eigenvalue weighted by Crippen LogP contribution is 2.34. The minimum Gasteiger partial charge on any atom is -0.491 e. The second kappa shape index (κ2) is 11.3. The molecule has 206 valence electrons. The fraction of sp³-hybridized carbons (Fsp3) is 0.500. The van der Waals surface area contributed by atoms with Gasteiger partial charge in [0.15, 0.2) is 0 Å². The summed E-state index contributed by atoms with van der Waals surface area (Å²) in [6.45, 7) is 7.35. The van der Waals surface area contributed by atoms with Gasteiger partial charge in [-0.1, -0.05) is 13.8 Å². The number of ether oxygens (including phenoxy) is 1. The minimum absolute atomic E-state index is 0.312. The fourth-order valence-electron chi connectivity index (χ4n) is 4.53. The van der Waals surface area contributed by atoms with E-state index in [2.05, 4.69) is 31.8 Å². The van der Waals surface area contributed by atoms with Gasteiger partial charge in [0.2, 0.25) is 5.91 Å². The number of aromatic amines is 1. The van der Waals surface area contributed by atoms with Gasteiger partial charge < -0.3 is 25.7 Å². The van der Waals surface area contributed by atoms with Crippen LogP contribution in [0.5, 0.6) is 5.75 Å². The van der Waals surface area contributed by atoms with E-state index < -0.39 is 30.1 Å². The molecule has 0 radical (unpaired) electrons. The average molecular weight is 534 g/mol. The Bertz CT molecular complexity index is 1260. The van der Waals surface area contributed by atoms with Gasteiger partial charge in [-0.2, -0.15) is 13.2 Å². The molecular formula is C26H34F3N7O2. The van der Waals surface area contributed by atoms with E-state index in [9.17, 15) is 18.0 Å². The van der Waals surface area contributed by atoms with Crippen molar-refractivity contribution >= 4 is 16.9 Å². The molecule has 0 bridgehead atoms. The summed E-state index contributed by atoms with van der Waals surface area (Å²) in [6.07, 6.45) is 1.91. The summed E-state index contributed by atoms with van der Waals surface area (Å²) in [5.41, 5.74) is 7.09. The number of nitrogens with one attached hydrogen (secondary N) is 2. The number of rotatable bonds is 9. The second-order valence-electron chi connectivity index (χ2n) is 10.0. The first kappa shape index (κ1) is 27.8. The molecule has 12 heteroatoms. The molecule has 4 N–H and O–H groups in total. The van der Waals surface area contributed by atoms with E-state index in [0.29, 0.717) is 29.1 Å². The zero-order valence-corrected chi connectivity index (χ0v) is 21.8. The van der Waals surface area contributed by atoms with Crippen LogP contribution in [0.25, 0.3) is 22.2 Å². The van der Waals surface area contributed by atoms with E-state index >= 15 is 0 Å². The number of pyridine rings is 2. The molecule has 1 fully saturated rings. The number of nitrogens with zero attached hydrogens (tertiary/aromatic N) is 4. The SMILES string of the molecule is CC(C)[C@](N)(C(=O)NCC(F)(F)F)c1cncc(-c2c[nH]c3ncc(OCCN4CCN(C)CC4)cc23)c1. The highest BCUT2D eigenvalue weighted by molar-refractivity contribution is 5.95. The first-order valence-corrected chi connectivity index (χ1v) is 12.6. The van der Waals surface area contributed by atoms with Gasteiger partial charge in [0.1, 0.15) is 30.1 Å². The van der Waals surface area contributed by atoms with Crippen LogP contribution in [-0.2, 0) is 10.3 Å². The number of H-pyrrole nitrogens is 1. The maximum atomic E-state index is 12.8. The number of piperazine rings is 1. The van der Waals surface area contributed by atoms with Crippen LogP contribution < -0.4 is 15.8 Å². The maximum absolute atomic E-state index is 12.8. The van der Waals surface area contributed by atoms with Gasteiger partial charge in [-0.15, -0.1) is 0 Å². The number of carbonyl (C=O) groups excluding carboxylic acids is 1. The van der Waals surface area contributed by atoms with Crippen molar-refractivity contribution in [3.63, 3.8) is 0 Å². The largest absolute Gasteiger partial charge is 0.491 e. The van der Waals surface area contributed by atoms with Crippen molar-refractivity contribution in [3.05, 3.63) is 42.5 Å². The predicted molar refractivity (Wildman–Crippen MR) is 139 cm³/mol. The Morgan fingerprint density at radius 1 is 1.18 bits per heavy atom. The van der Waals surface area contributed by atoms with Crippen molar-refractivity contribution in [1.29, 1.82) is 0 Å². The van der Waals surface area contributed by atoms with Crippen molar-refractivity contribution in [2.45, 2.75) is 25.6 Å². The maximum Gasteiger partial charge on any atom is 0.405 e. The zero-order valence-electron chi connectivity index (χ0n) is 21.8. The van der Waals surface area contributed by atoms with Crippen molar-refractivity contribution in [3.8, 4) is 16.9 Å². The first-order valence-electron chi connectivity index (χ1n) is 12.6. The lowest BCUT2D eigenvalue weighted by atomic mass is 9.80. The monoisotopic (exact) mass is 533 g/mol. The molecule has 1 saturated heterocycles. The van der Waals surface area contributed by atoms with Crippen LogP contribution in [0.2, 0.25) is 0 Å². The number of amides is 1. The molecule has 1 atom stereocenters. The molecule has 38 heavy (non-hydrogen) atoms. The van der Waals surface area contributed by atoms with E-state index in [-0.39, 0.29) is 0 Å². The number of alkyl halides is 3. The van der Waals surface area contributed by atoms with E-state index in [1.807, 2.05) is 11.4 Å². The summed E-state index contributed by atoms with van der Waals surface area (Å²) in [5, 5.41) is 2.71. The number of hydrogen-bond donors (Lipinski definition) is 3. The Morgan fingerprint density at radius 3 is 2.61 bits per heavy atom. The summed E-state index contributed by atoms with van der Waals surface area (Å²) in [6, 6.07) is 3.57. The van der Waals surface area contributed by atoms with Crippen LogP contribution >= 0.6 is 0 Å². The topological polar surface area (TPSA) is 112 Å². The molecule has 0 unspecified atom stereocenters. The van der Waals surface area contributed by atoms with Crippen LogP contribution in [-0.4, -0.2) is 89.8 Å². The van der Waals surface area contributed by atoms with Gasteiger partial charge in [-0.3, -0.25) is 14.7 Å². The number of hydrogen-bond acceptors (Lipinski definition) is 7. The molecule has 4 heterocycles. The van der Waals surface area contributed by atoms with E-state index in [0.717, 1.165) is 43.7 Å². The third kappa shape index (κ3) is 6.25. The summed E-state index contributed by atoms with van der Waals surface area (Å²) < 4.78 is 44.2. The Hall–Kier alpha value is -3.22. The predicted octanol–water partition coefficient (Wildman–Crippen LogP) is 2.74. The third-order valence-electron chi connectivity index (χ3n) is 7.04. The van der Waals surface area contributed by atoms with Gasteiger partial charge in [0, 0.05) is 73.4 Å². The molecule has 9 nitrogen and oxygen atoms in total. The molecule has 0 aromatic carbocycles. The number of aromatic nitrogens is 3. The van der Waals surface area contributed by atoms with E-state index in [1.165, 1.54) is 6.20 Å². The number of nitrogens with two attached hydrogens (primary N) is 1. The third-order valence-corrected chi connectivity index (χ3v) is 7.04. The van der Waals surface area contributed by atoms with E-state index in [4.69, 9.17) is 10.5 Å². The molecule has 1 aliphatic rings. The minimum atomic E-state index is -4.55. The van der Waals surface area contributed by atoms with Crippen LogP contribution in [0.1, 0.15) is 19.4 Å². The summed E-state index contributed by atoms with van der Waals surface area (Å²) in [5.74, 6) is -0.795. The van der Waals surface area contributed by atoms with Crippen LogP contribution in [0.3, 0.4) is 0 Å². The lowest BCUT2D eigenvalue weighted by molar-refractivity contribution is -0.143. The Kier molecular flexibility index (Phi) is 8.24. The van der Waals surface area contributed by atoms with Crippen molar-refractivity contribution in [1.82, 2.24) is 30.1 Å². The lowest BCUT2D eigenvalue weighted by Gasteiger charge is -2.32. The highest BCUT2D eigenvalue weighted by Gasteiger charge is 2.41. The van der Waals surface area contributed by atoms with Gasteiger partial charge >= 0.3 is 6.18 Å². The number of carbonyl (C=O) groups is 1. The van der Waals surface area contributed by atoms with Crippen molar-refractivity contribution < 1.29 is 22.7 Å². The molecule has 4 rings (SSSR count). The Morgan fingerprint density at radius 2 is 1.92 bits per heavy atom. The number of likely N-dealkylation sites (N-methyl/N-ethyl adjacent to an activating group) is 1. The number of halogens is 3. The molecule has 3 aromatic rings. The number of fused-ring (bicyclic) bond motifs is 1. The lowest BCUT2D eigenvalue weighted by Crippen LogP contribution is -2.56. The smallest absolute Gasteiger partial charge is 0.405 e. The molecule has 0 saturated carbocycles. The van der Waals surface area contributed by atoms with Crippen molar-refractivity contribution in [2.24, 2.45) is 11.7 Å². The summed E-state index contributed by atoms with van der Waals surface area (Å²) in [7, 11) is 2.12. The summed E-state index contributed by atoms with van der Waals surface area (Å²) >= 11 is 0. The van der Waals surface area contributed by atoms with Crippen molar-refractivity contribution in [2.75, 3.05) is 52.9 Å². The molecule has 1 aliphatic heterocycles. The molecular weight excluding hydrogens is 499 g/mol. The second-order valence-corrected chi connectivity index (χ2v) is 10.0. The summed E-state index contributed by atoms with van der Waals surface area (Å²) in [4.78, 5) is 29.3. The Labute approximate surface area is 219 Å². The van der Waals surface area contributed by atoms with Gasteiger partial charge in [0.05, 0.1) is 6.20 Å². The quantitative estimate of drug-likeness (QED) is 0.388. The normalized spacial score (nSPS) is 17.1. The van der Waals surface area contributed by atoms with Crippen LogP contribution in [0.4, 0.5) is 13.2 Å². The van der Waals surface area contributed by atoms with E-state index in [1.54, 1.807) is 38.5 Å².